The summed E-state index contributed by atoms with van der Waals surface area (Å²) in [4.78, 5) is 63.1. The summed E-state index contributed by atoms with van der Waals surface area (Å²) >= 11 is 0. The summed E-state index contributed by atoms with van der Waals surface area (Å²) in [6.45, 7) is 11.5. The number of esters is 4. The van der Waals surface area contributed by atoms with Gasteiger partial charge in [-0.2, -0.15) is 0 Å². The molecule has 0 N–H and O–H groups in total. The minimum Gasteiger partial charge on any atom is -0.462 e. The van der Waals surface area contributed by atoms with Gasteiger partial charge in [0.05, 0.1) is 18.9 Å². The molecule has 2 bridgehead atoms. The van der Waals surface area contributed by atoms with Gasteiger partial charge in [0.2, 0.25) is 0 Å². The van der Waals surface area contributed by atoms with Crippen LogP contribution in [-0.4, -0.2) is 60.4 Å². The van der Waals surface area contributed by atoms with E-state index in [9.17, 15) is 24.0 Å². The summed E-state index contributed by atoms with van der Waals surface area (Å²) in [7, 11) is 0. The fraction of sp³-hybridized carbons (Fsp3) is 0.654. The van der Waals surface area contributed by atoms with Crippen LogP contribution in [0, 0.1) is 28.6 Å². The quantitative estimate of drug-likeness (QED) is 0.320. The summed E-state index contributed by atoms with van der Waals surface area (Å²) in [6.07, 6.45) is -1.34. The maximum atomic E-state index is 13.4. The second-order valence-electron chi connectivity index (χ2n) is 10.9. The Labute approximate surface area is 208 Å². The van der Waals surface area contributed by atoms with Gasteiger partial charge in [0, 0.05) is 37.5 Å². The molecular weight excluding hydrogens is 472 g/mol. The van der Waals surface area contributed by atoms with Crippen molar-refractivity contribution < 1.29 is 47.7 Å². The van der Waals surface area contributed by atoms with Crippen LogP contribution in [0.3, 0.4) is 0 Å². The zero-order valence-electron chi connectivity index (χ0n) is 21.0. The summed E-state index contributed by atoms with van der Waals surface area (Å²) in [5, 5.41) is 0. The molecule has 2 heterocycles. The van der Waals surface area contributed by atoms with E-state index in [4.69, 9.17) is 23.7 Å². The van der Waals surface area contributed by atoms with E-state index in [1.165, 1.54) is 26.8 Å². The fourth-order valence-electron chi connectivity index (χ4n) is 8.11. The maximum absolute atomic E-state index is 13.4. The predicted molar refractivity (Wildman–Crippen MR) is 120 cm³/mol. The minimum atomic E-state index is -1.86. The molecule has 1 spiro atoms. The number of hydrogen-bond acceptors (Lipinski definition) is 10. The molecule has 5 aliphatic rings. The van der Waals surface area contributed by atoms with Gasteiger partial charge in [0.1, 0.15) is 6.10 Å². The van der Waals surface area contributed by atoms with Crippen molar-refractivity contribution in [3.63, 3.8) is 0 Å². The lowest BCUT2D eigenvalue weighted by Gasteiger charge is -2.67. The SMILES string of the molecule is C=C1[C@H](OC(C)=O)[C@]2(OC(C)=O)OC[C@]34[C@H]2[C@@]2(C)[C@H](OC(C)=O)C(=O)C=C(C)[C@@H]2C[C@H]3OC(=O)C[C@@H]14. The van der Waals surface area contributed by atoms with E-state index in [-0.39, 0.29) is 13.0 Å². The standard InChI is InChI=1S/C26H30O10/c1-11-7-18(30)22(34-14(4)28)24(6)16(11)8-19-25-10-32-26(23(24)25,36-15(5)29)21(33-13(3)27)12(2)17(25)9-20(31)35-19/h7,16-17,19,21-23H,2,8-10H2,1,3-6H3/t16-,17-,19+,21-,22+,23+,24+,25+,26+/m0/s1. The third-order valence-corrected chi connectivity index (χ3v) is 8.97. The van der Waals surface area contributed by atoms with E-state index in [0.29, 0.717) is 12.0 Å². The highest BCUT2D eigenvalue weighted by molar-refractivity contribution is 5.97. The highest BCUT2D eigenvalue weighted by Crippen LogP contribution is 2.74. The van der Waals surface area contributed by atoms with Gasteiger partial charge in [-0.15, -0.1) is 0 Å². The lowest BCUT2D eigenvalue weighted by atomic mass is 9.39. The molecule has 3 aliphatic carbocycles. The number of ether oxygens (including phenoxy) is 5. The molecule has 0 aromatic heterocycles. The Balaban J connectivity index is 1.82. The first-order chi connectivity index (χ1) is 16.8. The second-order valence-corrected chi connectivity index (χ2v) is 10.9. The Morgan fingerprint density at radius 1 is 1.03 bits per heavy atom. The smallest absolute Gasteiger partial charge is 0.306 e. The van der Waals surface area contributed by atoms with E-state index in [0.717, 1.165) is 5.57 Å². The first kappa shape index (κ1) is 24.7. The Morgan fingerprint density at radius 2 is 1.67 bits per heavy atom. The maximum Gasteiger partial charge on any atom is 0.306 e. The lowest BCUT2D eigenvalue weighted by molar-refractivity contribution is -0.312. The van der Waals surface area contributed by atoms with Crippen LogP contribution in [-0.2, 0) is 47.7 Å². The van der Waals surface area contributed by atoms with Crippen LogP contribution in [0.4, 0.5) is 0 Å². The van der Waals surface area contributed by atoms with E-state index in [1.54, 1.807) is 6.92 Å². The van der Waals surface area contributed by atoms with Gasteiger partial charge in [-0.3, -0.25) is 24.0 Å². The summed E-state index contributed by atoms with van der Waals surface area (Å²) in [5.41, 5.74) is -0.976. The van der Waals surface area contributed by atoms with Gasteiger partial charge >= 0.3 is 23.9 Å². The van der Waals surface area contributed by atoms with Crippen molar-refractivity contribution >= 4 is 29.7 Å². The Hall–Kier alpha value is -3.01. The van der Waals surface area contributed by atoms with Crippen molar-refractivity contribution in [1.82, 2.24) is 0 Å². The lowest BCUT2D eigenvalue weighted by Crippen LogP contribution is -2.75. The van der Waals surface area contributed by atoms with Crippen LogP contribution in [0.25, 0.3) is 0 Å². The molecule has 0 unspecified atom stereocenters. The van der Waals surface area contributed by atoms with Crippen molar-refractivity contribution in [2.75, 3.05) is 6.61 Å². The molecule has 5 rings (SSSR count). The minimum absolute atomic E-state index is 0.0103. The Bertz CT molecular complexity index is 1140. The van der Waals surface area contributed by atoms with E-state index < -0.39 is 82.3 Å². The number of carbonyl (C=O) groups is 5. The molecule has 2 aliphatic heterocycles. The Morgan fingerprint density at radius 3 is 2.28 bits per heavy atom. The zero-order chi connectivity index (χ0) is 26.4. The summed E-state index contributed by atoms with van der Waals surface area (Å²) < 4.78 is 29.6. The molecule has 0 radical (unpaired) electrons. The Kier molecular flexibility index (Phi) is 5.31. The number of rotatable bonds is 3. The zero-order valence-corrected chi connectivity index (χ0v) is 21.0. The predicted octanol–water partition coefficient (Wildman–Crippen LogP) is 1.80. The molecular formula is C26H30O10. The average molecular weight is 503 g/mol. The summed E-state index contributed by atoms with van der Waals surface area (Å²) in [5.74, 6) is -6.44. The van der Waals surface area contributed by atoms with Crippen LogP contribution in [0.5, 0.6) is 0 Å². The fourth-order valence-corrected chi connectivity index (χ4v) is 8.11. The highest BCUT2D eigenvalue weighted by Gasteiger charge is 2.84. The third-order valence-electron chi connectivity index (χ3n) is 8.97. The second kappa shape index (κ2) is 7.74. The van der Waals surface area contributed by atoms with Crippen molar-refractivity contribution in [2.24, 2.45) is 28.6 Å². The van der Waals surface area contributed by atoms with Crippen LogP contribution in [0.15, 0.2) is 23.8 Å². The van der Waals surface area contributed by atoms with Crippen LogP contribution in [0.1, 0.15) is 47.5 Å². The van der Waals surface area contributed by atoms with Crippen LogP contribution >= 0.6 is 0 Å². The first-order valence-corrected chi connectivity index (χ1v) is 12.1. The molecule has 36 heavy (non-hydrogen) atoms. The van der Waals surface area contributed by atoms with E-state index in [1.807, 2.05) is 6.92 Å². The molecule has 10 heteroatoms. The van der Waals surface area contributed by atoms with Gasteiger partial charge in [-0.25, -0.2) is 0 Å². The molecule has 194 valence electrons. The number of allylic oxidation sites excluding steroid dienone is 1. The summed E-state index contributed by atoms with van der Waals surface area (Å²) in [6, 6.07) is 0. The van der Waals surface area contributed by atoms with Crippen molar-refractivity contribution in [1.29, 1.82) is 0 Å². The van der Waals surface area contributed by atoms with Crippen molar-refractivity contribution in [2.45, 2.75) is 71.6 Å². The molecule has 0 aromatic carbocycles. The number of hydrogen-bond donors (Lipinski definition) is 0. The van der Waals surface area contributed by atoms with E-state index >= 15 is 0 Å². The number of carbonyl (C=O) groups excluding carboxylic acids is 5. The number of fused-ring (bicyclic) bond motifs is 1. The van der Waals surface area contributed by atoms with Gasteiger partial charge in [0.25, 0.3) is 5.79 Å². The third kappa shape index (κ3) is 2.96. The molecule has 9 atom stereocenters. The van der Waals surface area contributed by atoms with Gasteiger partial charge in [-0.1, -0.05) is 19.1 Å². The van der Waals surface area contributed by atoms with Crippen molar-refractivity contribution in [3.05, 3.63) is 23.8 Å². The van der Waals surface area contributed by atoms with Gasteiger partial charge in [-0.05, 0) is 30.9 Å². The van der Waals surface area contributed by atoms with Crippen LogP contribution < -0.4 is 0 Å². The molecule has 10 nitrogen and oxygen atoms in total. The largest absolute Gasteiger partial charge is 0.462 e. The molecule has 2 saturated carbocycles. The monoisotopic (exact) mass is 502 g/mol. The average Bonchev–Trinajstić information content (AvgIpc) is 3.06. The molecule has 0 amide bonds. The molecule has 2 saturated heterocycles. The van der Waals surface area contributed by atoms with Gasteiger partial charge < -0.3 is 23.7 Å². The first-order valence-electron chi connectivity index (χ1n) is 12.1. The van der Waals surface area contributed by atoms with E-state index in [2.05, 4.69) is 6.58 Å². The topological polar surface area (TPSA) is 132 Å². The number of ketones is 1. The molecule has 4 fully saturated rings. The van der Waals surface area contributed by atoms with Crippen molar-refractivity contribution in [3.8, 4) is 0 Å². The van der Waals surface area contributed by atoms with Gasteiger partial charge in [0.15, 0.2) is 18.0 Å². The molecule has 0 aromatic rings. The highest BCUT2D eigenvalue weighted by atomic mass is 16.7. The van der Waals surface area contributed by atoms with Crippen LogP contribution in [0.2, 0.25) is 0 Å². The normalized spacial score (nSPS) is 44.5.